The number of hydrogen-bond donors (Lipinski definition) is 2. The topological polar surface area (TPSA) is 105 Å². The number of fused-ring (bicyclic) bond motifs is 1. The van der Waals surface area contributed by atoms with E-state index in [1.165, 1.54) is 0 Å². The Bertz CT molecular complexity index is 744. The van der Waals surface area contributed by atoms with Crippen molar-refractivity contribution in [1.29, 1.82) is 10.5 Å². The molecule has 0 saturated carbocycles. The Labute approximate surface area is 134 Å². The standard InChI is InChI=1S/C16H17N5O2/c1-16(2)14(22)13(21-6-5-19-15(21)20-9-18)11-7-10(8-17)3-4-12(11)23-16/h3-4,7,13-14,22H,5-6H2,1-2H3,(H,19,20)/t13-,14+/m0/s1. The highest BCUT2D eigenvalue weighted by Crippen LogP contribution is 2.43. The number of aliphatic imine (C=N–C) groups is 1. The quantitative estimate of drug-likeness (QED) is 0.746. The molecular weight excluding hydrogens is 294 g/mol. The lowest BCUT2D eigenvalue weighted by Crippen LogP contribution is -2.54. The van der Waals surface area contributed by atoms with Crippen LogP contribution in [0.3, 0.4) is 0 Å². The molecule has 2 heterocycles. The van der Waals surface area contributed by atoms with E-state index in [-0.39, 0.29) is 0 Å². The van der Waals surface area contributed by atoms with Crippen molar-refractivity contribution in [2.24, 2.45) is 4.99 Å². The molecule has 7 heteroatoms. The average molecular weight is 311 g/mol. The van der Waals surface area contributed by atoms with Crippen LogP contribution in [0, 0.1) is 22.8 Å². The van der Waals surface area contributed by atoms with Crippen LogP contribution in [-0.4, -0.2) is 40.8 Å². The van der Waals surface area contributed by atoms with Gasteiger partial charge in [0.1, 0.15) is 17.5 Å². The number of rotatable bonds is 1. The summed E-state index contributed by atoms with van der Waals surface area (Å²) in [6, 6.07) is 6.83. The third-order valence-electron chi connectivity index (χ3n) is 4.24. The first-order valence-corrected chi connectivity index (χ1v) is 7.36. The van der Waals surface area contributed by atoms with E-state index in [1.54, 1.807) is 24.4 Å². The van der Waals surface area contributed by atoms with E-state index in [4.69, 9.17) is 15.3 Å². The summed E-state index contributed by atoms with van der Waals surface area (Å²) in [6.45, 7) is 4.87. The number of benzene rings is 1. The van der Waals surface area contributed by atoms with Crippen LogP contribution in [-0.2, 0) is 0 Å². The molecule has 7 nitrogen and oxygen atoms in total. The third-order valence-corrected chi connectivity index (χ3v) is 4.24. The molecule has 1 aromatic carbocycles. The smallest absolute Gasteiger partial charge is 0.210 e. The maximum absolute atomic E-state index is 10.8. The third kappa shape index (κ3) is 2.45. The zero-order valence-corrected chi connectivity index (χ0v) is 12.9. The van der Waals surface area contributed by atoms with Crippen LogP contribution >= 0.6 is 0 Å². The number of guanidine groups is 1. The van der Waals surface area contributed by atoms with Crippen LogP contribution in [0.1, 0.15) is 31.0 Å². The number of aliphatic hydroxyl groups is 1. The minimum atomic E-state index is -0.840. The Morgan fingerprint density at radius 3 is 2.91 bits per heavy atom. The van der Waals surface area contributed by atoms with E-state index in [1.807, 2.05) is 18.7 Å². The zero-order valence-electron chi connectivity index (χ0n) is 12.9. The fraction of sp³-hybridized carbons (Fsp3) is 0.438. The monoisotopic (exact) mass is 311 g/mol. The van der Waals surface area contributed by atoms with Gasteiger partial charge in [-0.1, -0.05) is 0 Å². The molecule has 0 radical (unpaired) electrons. The van der Waals surface area contributed by atoms with Crippen LogP contribution in [0.5, 0.6) is 5.75 Å². The van der Waals surface area contributed by atoms with E-state index in [0.717, 1.165) is 5.56 Å². The summed E-state index contributed by atoms with van der Waals surface area (Å²) >= 11 is 0. The molecular formula is C16H17N5O2. The first kappa shape index (κ1) is 15.1. The second-order valence-corrected chi connectivity index (χ2v) is 6.12. The normalized spacial score (nSPS) is 26.7. The first-order valence-electron chi connectivity index (χ1n) is 7.36. The van der Waals surface area contributed by atoms with Crippen molar-refractivity contribution in [1.82, 2.24) is 10.2 Å². The molecule has 0 amide bonds. The second kappa shape index (κ2) is 5.45. The summed E-state index contributed by atoms with van der Waals surface area (Å²) in [4.78, 5) is 5.66. The lowest BCUT2D eigenvalue weighted by Gasteiger charge is -2.45. The Morgan fingerprint density at radius 1 is 1.43 bits per heavy atom. The summed E-state index contributed by atoms with van der Waals surface area (Å²) in [5.41, 5.74) is 0.423. The summed E-state index contributed by atoms with van der Waals surface area (Å²) in [5, 5.41) is 31.9. The highest BCUT2D eigenvalue weighted by Gasteiger charge is 2.47. The van der Waals surface area contributed by atoms with Crippen molar-refractivity contribution in [2.45, 2.75) is 31.6 Å². The molecule has 2 atom stereocenters. The van der Waals surface area contributed by atoms with Gasteiger partial charge in [-0.05, 0) is 32.0 Å². The van der Waals surface area contributed by atoms with Crippen LogP contribution in [0.15, 0.2) is 23.2 Å². The van der Waals surface area contributed by atoms with Crippen molar-refractivity contribution >= 4 is 5.96 Å². The van der Waals surface area contributed by atoms with E-state index in [9.17, 15) is 5.11 Å². The SMILES string of the molecule is CC1(C)Oc2ccc(C#N)cc2[C@H](N2CCN/C2=N\C#N)[C@H]1O. The lowest BCUT2D eigenvalue weighted by atomic mass is 9.85. The second-order valence-electron chi connectivity index (χ2n) is 6.12. The van der Waals surface area contributed by atoms with Gasteiger partial charge in [0.05, 0.1) is 17.7 Å². The molecule has 1 fully saturated rings. The number of nitrogens with one attached hydrogen (secondary N) is 1. The van der Waals surface area contributed by atoms with Crippen LogP contribution in [0.4, 0.5) is 0 Å². The Balaban J connectivity index is 2.13. The van der Waals surface area contributed by atoms with Gasteiger partial charge in [-0.25, -0.2) is 0 Å². The molecule has 0 aromatic heterocycles. The van der Waals surface area contributed by atoms with Gasteiger partial charge in [-0.15, -0.1) is 4.99 Å². The molecule has 1 saturated heterocycles. The molecule has 118 valence electrons. The van der Waals surface area contributed by atoms with Crippen LogP contribution < -0.4 is 10.1 Å². The van der Waals surface area contributed by atoms with Gasteiger partial charge >= 0.3 is 0 Å². The molecule has 0 spiro atoms. The van der Waals surface area contributed by atoms with Gasteiger partial charge in [0, 0.05) is 18.7 Å². The maximum Gasteiger partial charge on any atom is 0.210 e. The summed E-state index contributed by atoms with van der Waals surface area (Å²) < 4.78 is 5.90. The van der Waals surface area contributed by atoms with E-state index in [2.05, 4.69) is 16.4 Å². The van der Waals surface area contributed by atoms with Crippen molar-refractivity contribution in [3.05, 3.63) is 29.3 Å². The highest BCUT2D eigenvalue weighted by atomic mass is 16.5. The number of aliphatic hydroxyl groups excluding tert-OH is 1. The molecule has 0 bridgehead atoms. The average Bonchev–Trinajstić information content (AvgIpc) is 2.96. The molecule has 23 heavy (non-hydrogen) atoms. The number of nitriles is 2. The number of nitrogens with zero attached hydrogens (tertiary/aromatic N) is 4. The zero-order chi connectivity index (χ0) is 16.6. The molecule has 3 rings (SSSR count). The van der Waals surface area contributed by atoms with E-state index in [0.29, 0.717) is 30.4 Å². The molecule has 2 N–H and O–H groups in total. The van der Waals surface area contributed by atoms with Gasteiger partial charge in [0.2, 0.25) is 12.2 Å². The Morgan fingerprint density at radius 2 is 2.22 bits per heavy atom. The predicted octanol–water partition coefficient (Wildman–Crippen LogP) is 0.874. The Kier molecular flexibility index (Phi) is 3.59. The lowest BCUT2D eigenvalue weighted by molar-refractivity contribution is -0.0800. The van der Waals surface area contributed by atoms with Crippen molar-refractivity contribution in [2.75, 3.05) is 13.1 Å². The summed E-state index contributed by atoms with van der Waals surface area (Å²) in [5.74, 6) is 1.06. The fourth-order valence-electron chi connectivity index (χ4n) is 3.09. The van der Waals surface area contributed by atoms with Gasteiger partial charge in [-0.3, -0.25) is 0 Å². The van der Waals surface area contributed by atoms with Crippen LogP contribution in [0.2, 0.25) is 0 Å². The molecule has 0 unspecified atom stereocenters. The molecule has 2 aliphatic heterocycles. The van der Waals surface area contributed by atoms with Gasteiger partial charge in [0.25, 0.3) is 0 Å². The fourth-order valence-corrected chi connectivity index (χ4v) is 3.09. The van der Waals surface area contributed by atoms with Crippen molar-refractivity contribution < 1.29 is 9.84 Å². The summed E-state index contributed by atoms with van der Waals surface area (Å²) in [6.07, 6.45) is 0.939. The molecule has 1 aromatic rings. The predicted molar refractivity (Wildman–Crippen MR) is 82.4 cm³/mol. The van der Waals surface area contributed by atoms with Gasteiger partial charge in [0.15, 0.2) is 0 Å². The number of ether oxygens (including phenoxy) is 1. The van der Waals surface area contributed by atoms with E-state index < -0.39 is 17.7 Å². The van der Waals surface area contributed by atoms with Gasteiger partial charge < -0.3 is 20.1 Å². The summed E-state index contributed by atoms with van der Waals surface area (Å²) in [7, 11) is 0. The van der Waals surface area contributed by atoms with Crippen molar-refractivity contribution in [3.63, 3.8) is 0 Å². The minimum absolute atomic E-state index is 0.433. The molecule has 2 aliphatic rings. The Hall–Kier alpha value is -2.77. The van der Waals surface area contributed by atoms with Gasteiger partial charge in [-0.2, -0.15) is 10.5 Å². The minimum Gasteiger partial charge on any atom is -0.485 e. The maximum atomic E-state index is 10.8. The van der Waals surface area contributed by atoms with E-state index >= 15 is 0 Å². The van der Waals surface area contributed by atoms with Crippen LogP contribution in [0.25, 0.3) is 0 Å². The number of hydrogen-bond acceptors (Lipinski definition) is 5. The largest absolute Gasteiger partial charge is 0.485 e. The molecule has 0 aliphatic carbocycles. The van der Waals surface area contributed by atoms with Crippen molar-refractivity contribution in [3.8, 4) is 18.0 Å². The first-order chi connectivity index (χ1) is 11.0. The highest BCUT2D eigenvalue weighted by molar-refractivity contribution is 5.83.